The van der Waals surface area contributed by atoms with Crippen molar-refractivity contribution in [1.29, 1.82) is 5.26 Å². The SMILES string of the molecule is CCCOC(=O)C(C#N)=Cc1cccc([N+](=O)[O-])c1. The van der Waals surface area contributed by atoms with Crippen molar-refractivity contribution in [3.8, 4) is 6.07 Å². The van der Waals surface area contributed by atoms with E-state index in [0.29, 0.717) is 12.0 Å². The Morgan fingerprint density at radius 1 is 1.58 bits per heavy atom. The van der Waals surface area contributed by atoms with E-state index in [1.54, 1.807) is 12.1 Å². The first-order valence-corrected chi connectivity index (χ1v) is 5.62. The minimum atomic E-state index is -0.726. The topological polar surface area (TPSA) is 93.2 Å². The molecular weight excluding hydrogens is 248 g/mol. The number of nitro groups is 1. The fourth-order valence-electron chi connectivity index (χ4n) is 1.30. The Bertz CT molecular complexity index is 558. The molecule has 0 spiro atoms. The zero-order valence-electron chi connectivity index (χ0n) is 10.3. The molecule has 0 saturated carbocycles. The lowest BCUT2D eigenvalue weighted by atomic mass is 10.1. The Labute approximate surface area is 110 Å². The van der Waals surface area contributed by atoms with Crippen LogP contribution in [0.4, 0.5) is 5.69 Å². The Morgan fingerprint density at radius 2 is 2.32 bits per heavy atom. The van der Waals surface area contributed by atoms with E-state index in [1.807, 2.05) is 6.92 Å². The average Bonchev–Trinajstić information content (AvgIpc) is 2.42. The number of nitriles is 1. The maximum atomic E-state index is 11.5. The summed E-state index contributed by atoms with van der Waals surface area (Å²) in [7, 11) is 0. The van der Waals surface area contributed by atoms with Gasteiger partial charge in [-0.3, -0.25) is 10.1 Å². The fourth-order valence-corrected chi connectivity index (χ4v) is 1.30. The van der Waals surface area contributed by atoms with Crippen LogP contribution in [0.3, 0.4) is 0 Å². The zero-order valence-corrected chi connectivity index (χ0v) is 10.3. The molecular formula is C13H12N2O4. The first kappa shape index (κ1) is 14.4. The number of ether oxygens (including phenoxy) is 1. The van der Waals surface area contributed by atoms with Gasteiger partial charge >= 0.3 is 5.97 Å². The smallest absolute Gasteiger partial charge is 0.348 e. The van der Waals surface area contributed by atoms with Gasteiger partial charge in [-0.25, -0.2) is 4.79 Å². The van der Waals surface area contributed by atoms with Crippen molar-refractivity contribution in [1.82, 2.24) is 0 Å². The van der Waals surface area contributed by atoms with Gasteiger partial charge in [-0.2, -0.15) is 5.26 Å². The molecule has 0 aliphatic carbocycles. The van der Waals surface area contributed by atoms with Gasteiger partial charge in [0.15, 0.2) is 0 Å². The summed E-state index contributed by atoms with van der Waals surface area (Å²) in [4.78, 5) is 21.6. The van der Waals surface area contributed by atoms with Crippen molar-refractivity contribution in [3.05, 3.63) is 45.5 Å². The molecule has 0 amide bonds. The molecule has 6 nitrogen and oxygen atoms in total. The molecule has 0 heterocycles. The molecule has 0 aliphatic heterocycles. The van der Waals surface area contributed by atoms with Crippen LogP contribution >= 0.6 is 0 Å². The van der Waals surface area contributed by atoms with E-state index in [0.717, 1.165) is 0 Å². The number of carbonyl (C=O) groups excluding carboxylic acids is 1. The highest BCUT2D eigenvalue weighted by atomic mass is 16.6. The predicted octanol–water partition coefficient (Wildman–Crippen LogP) is 2.45. The van der Waals surface area contributed by atoms with Crippen molar-refractivity contribution >= 4 is 17.7 Å². The number of hydrogen-bond acceptors (Lipinski definition) is 5. The molecule has 1 aromatic carbocycles. The molecule has 1 rings (SSSR count). The lowest BCUT2D eigenvalue weighted by Gasteiger charge is -2.01. The van der Waals surface area contributed by atoms with E-state index < -0.39 is 10.9 Å². The van der Waals surface area contributed by atoms with Crippen LogP contribution in [0, 0.1) is 21.4 Å². The second kappa shape index (κ2) is 6.91. The van der Waals surface area contributed by atoms with E-state index in [4.69, 9.17) is 10.00 Å². The van der Waals surface area contributed by atoms with E-state index in [-0.39, 0.29) is 17.9 Å². The van der Waals surface area contributed by atoms with Gasteiger partial charge in [-0.15, -0.1) is 0 Å². The zero-order chi connectivity index (χ0) is 14.3. The fraction of sp³-hybridized carbons (Fsp3) is 0.231. The standard InChI is InChI=1S/C13H12N2O4/c1-2-6-19-13(16)11(9-14)7-10-4-3-5-12(8-10)15(17)18/h3-5,7-8H,2,6H2,1H3. The molecule has 0 N–H and O–H groups in total. The lowest BCUT2D eigenvalue weighted by Crippen LogP contribution is -2.07. The number of rotatable bonds is 5. The average molecular weight is 260 g/mol. The van der Waals surface area contributed by atoms with Gasteiger partial charge in [0.05, 0.1) is 11.5 Å². The Hall–Kier alpha value is -2.68. The van der Waals surface area contributed by atoms with Crippen LogP contribution in [0.2, 0.25) is 0 Å². The second-order valence-corrected chi connectivity index (χ2v) is 3.66. The molecule has 0 fully saturated rings. The maximum Gasteiger partial charge on any atom is 0.348 e. The number of nitrogens with zero attached hydrogens (tertiary/aromatic N) is 2. The van der Waals surface area contributed by atoms with Gasteiger partial charge in [0.2, 0.25) is 0 Å². The highest BCUT2D eigenvalue weighted by Crippen LogP contribution is 2.16. The molecule has 0 saturated heterocycles. The van der Waals surface area contributed by atoms with Crippen LogP contribution in [0.5, 0.6) is 0 Å². The summed E-state index contributed by atoms with van der Waals surface area (Å²) >= 11 is 0. The highest BCUT2D eigenvalue weighted by Gasteiger charge is 2.11. The molecule has 0 unspecified atom stereocenters. The van der Waals surface area contributed by atoms with Crippen LogP contribution in [0.15, 0.2) is 29.8 Å². The number of esters is 1. The van der Waals surface area contributed by atoms with Crippen LogP contribution in [0.1, 0.15) is 18.9 Å². The number of hydrogen-bond donors (Lipinski definition) is 0. The van der Waals surface area contributed by atoms with Crippen LogP contribution < -0.4 is 0 Å². The van der Waals surface area contributed by atoms with Crippen molar-refractivity contribution < 1.29 is 14.5 Å². The summed E-state index contributed by atoms with van der Waals surface area (Å²) < 4.78 is 4.83. The van der Waals surface area contributed by atoms with Crippen LogP contribution in [-0.4, -0.2) is 17.5 Å². The number of carbonyl (C=O) groups is 1. The van der Waals surface area contributed by atoms with Gasteiger partial charge in [0.25, 0.3) is 5.69 Å². The largest absolute Gasteiger partial charge is 0.462 e. The molecule has 6 heteroatoms. The number of benzene rings is 1. The van der Waals surface area contributed by atoms with Crippen LogP contribution in [0.25, 0.3) is 6.08 Å². The predicted molar refractivity (Wildman–Crippen MR) is 67.9 cm³/mol. The number of non-ortho nitro benzene ring substituents is 1. The van der Waals surface area contributed by atoms with E-state index in [1.165, 1.54) is 24.3 Å². The third kappa shape index (κ3) is 4.24. The Kier molecular flexibility index (Phi) is 5.23. The molecule has 19 heavy (non-hydrogen) atoms. The van der Waals surface area contributed by atoms with Crippen LogP contribution in [-0.2, 0) is 9.53 Å². The summed E-state index contributed by atoms with van der Waals surface area (Å²) in [6.07, 6.45) is 1.92. The molecule has 98 valence electrons. The van der Waals surface area contributed by atoms with Crippen molar-refractivity contribution in [2.24, 2.45) is 0 Å². The third-order valence-corrected chi connectivity index (χ3v) is 2.17. The number of nitro benzene ring substituents is 1. The summed E-state index contributed by atoms with van der Waals surface area (Å²) in [6.45, 7) is 2.07. The van der Waals surface area contributed by atoms with Gasteiger partial charge in [0, 0.05) is 12.1 Å². The summed E-state index contributed by atoms with van der Waals surface area (Å²) in [5.41, 5.74) is 0.112. The second-order valence-electron chi connectivity index (χ2n) is 3.66. The minimum Gasteiger partial charge on any atom is -0.462 e. The normalized spacial score (nSPS) is 10.6. The van der Waals surface area contributed by atoms with Gasteiger partial charge in [0.1, 0.15) is 11.6 Å². The van der Waals surface area contributed by atoms with E-state index >= 15 is 0 Å². The Balaban J connectivity index is 2.98. The minimum absolute atomic E-state index is 0.104. The highest BCUT2D eigenvalue weighted by molar-refractivity contribution is 5.97. The molecule has 1 aromatic rings. The van der Waals surface area contributed by atoms with Crippen molar-refractivity contribution in [2.45, 2.75) is 13.3 Å². The molecule has 0 radical (unpaired) electrons. The van der Waals surface area contributed by atoms with Gasteiger partial charge in [-0.1, -0.05) is 19.1 Å². The van der Waals surface area contributed by atoms with E-state index in [9.17, 15) is 14.9 Å². The Morgan fingerprint density at radius 3 is 2.89 bits per heavy atom. The summed E-state index contributed by atoms with van der Waals surface area (Å²) in [5, 5.41) is 19.5. The summed E-state index contributed by atoms with van der Waals surface area (Å²) in [5.74, 6) is -0.726. The molecule has 0 atom stereocenters. The third-order valence-electron chi connectivity index (χ3n) is 2.17. The first-order chi connectivity index (χ1) is 9.08. The monoisotopic (exact) mass is 260 g/mol. The quantitative estimate of drug-likeness (QED) is 0.266. The summed E-state index contributed by atoms with van der Waals surface area (Å²) in [6, 6.07) is 7.39. The molecule has 0 bridgehead atoms. The van der Waals surface area contributed by atoms with E-state index in [2.05, 4.69) is 0 Å². The molecule has 0 aromatic heterocycles. The van der Waals surface area contributed by atoms with Gasteiger partial charge < -0.3 is 4.74 Å². The van der Waals surface area contributed by atoms with Gasteiger partial charge in [-0.05, 0) is 18.1 Å². The lowest BCUT2D eigenvalue weighted by molar-refractivity contribution is -0.384. The maximum absolute atomic E-state index is 11.5. The first-order valence-electron chi connectivity index (χ1n) is 5.62. The van der Waals surface area contributed by atoms with Crippen molar-refractivity contribution in [3.63, 3.8) is 0 Å². The van der Waals surface area contributed by atoms with Crippen molar-refractivity contribution in [2.75, 3.05) is 6.61 Å². The molecule has 0 aliphatic rings.